The van der Waals surface area contributed by atoms with E-state index in [-0.39, 0.29) is 5.54 Å². The van der Waals surface area contributed by atoms with E-state index in [1.165, 1.54) is 4.90 Å². The van der Waals surface area contributed by atoms with Gasteiger partial charge in [-0.05, 0) is 20.3 Å². The Hall–Kier alpha value is -1.06. The third-order valence-corrected chi connectivity index (χ3v) is 2.06. The van der Waals surface area contributed by atoms with Gasteiger partial charge in [0.2, 0.25) is 0 Å². The summed E-state index contributed by atoms with van der Waals surface area (Å²) < 4.78 is 0. The van der Waals surface area contributed by atoms with Crippen LogP contribution in [0.25, 0.3) is 0 Å². The van der Waals surface area contributed by atoms with Crippen LogP contribution in [0.1, 0.15) is 20.3 Å². The molecule has 0 aromatic rings. The van der Waals surface area contributed by atoms with E-state index in [1.807, 2.05) is 0 Å². The maximum absolute atomic E-state index is 10.5. The van der Waals surface area contributed by atoms with E-state index in [0.717, 1.165) is 0 Å². The van der Waals surface area contributed by atoms with Crippen LogP contribution in [0.3, 0.4) is 0 Å². The molecule has 1 fully saturated rings. The van der Waals surface area contributed by atoms with Crippen LogP contribution in [-0.4, -0.2) is 34.0 Å². The number of carboxylic acid groups (broad SMARTS) is 1. The lowest BCUT2D eigenvalue weighted by molar-refractivity contribution is -0.122. The number of aldehydes is 1. The fourth-order valence-electron chi connectivity index (χ4n) is 1.55. The van der Waals surface area contributed by atoms with Gasteiger partial charge in [-0.1, -0.05) is 0 Å². The highest BCUT2D eigenvalue weighted by molar-refractivity contribution is 5.75. The fourth-order valence-corrected chi connectivity index (χ4v) is 1.55. The zero-order valence-electron chi connectivity index (χ0n) is 6.57. The summed E-state index contributed by atoms with van der Waals surface area (Å²) in [5.41, 5.74) is -0.364. The maximum Gasteiger partial charge on any atom is 0.408 e. The molecule has 1 N–H and O–H groups in total. The second kappa shape index (κ2) is 2.22. The molecule has 4 nitrogen and oxygen atoms in total. The minimum atomic E-state index is -1.02. The molecular formula is C7H11NO3. The molecule has 1 amide bonds. The third-order valence-electron chi connectivity index (χ3n) is 2.06. The summed E-state index contributed by atoms with van der Waals surface area (Å²) in [4.78, 5) is 22.0. The van der Waals surface area contributed by atoms with Crippen molar-refractivity contribution < 1.29 is 14.7 Å². The summed E-state index contributed by atoms with van der Waals surface area (Å²) in [6.45, 7) is 3.61. The van der Waals surface area contributed by atoms with Gasteiger partial charge >= 0.3 is 6.09 Å². The van der Waals surface area contributed by atoms with Crippen LogP contribution in [0.15, 0.2) is 0 Å². The SMILES string of the molecule is CC1(C)CC(C=O)N1C(=O)O. The van der Waals surface area contributed by atoms with E-state index in [4.69, 9.17) is 5.11 Å². The van der Waals surface area contributed by atoms with Gasteiger partial charge in [-0.3, -0.25) is 4.90 Å². The van der Waals surface area contributed by atoms with Gasteiger partial charge in [0.1, 0.15) is 6.29 Å². The zero-order chi connectivity index (χ0) is 8.65. The molecule has 1 aliphatic heterocycles. The van der Waals surface area contributed by atoms with Crippen LogP contribution in [0.2, 0.25) is 0 Å². The van der Waals surface area contributed by atoms with Gasteiger partial charge in [0, 0.05) is 5.54 Å². The smallest absolute Gasteiger partial charge is 0.408 e. The Morgan fingerprint density at radius 1 is 1.73 bits per heavy atom. The number of carbonyl (C=O) groups is 2. The highest BCUT2D eigenvalue weighted by atomic mass is 16.4. The van der Waals surface area contributed by atoms with Gasteiger partial charge < -0.3 is 9.90 Å². The summed E-state index contributed by atoms with van der Waals surface area (Å²) in [7, 11) is 0. The third kappa shape index (κ3) is 1.08. The lowest BCUT2D eigenvalue weighted by Gasteiger charge is -2.50. The van der Waals surface area contributed by atoms with Crippen molar-refractivity contribution in [1.29, 1.82) is 0 Å². The molecule has 0 spiro atoms. The Balaban J connectivity index is 2.71. The average molecular weight is 157 g/mol. The lowest BCUT2D eigenvalue weighted by Crippen LogP contribution is -2.65. The summed E-state index contributed by atoms with van der Waals surface area (Å²) in [5.74, 6) is 0. The monoisotopic (exact) mass is 157 g/mol. The summed E-state index contributed by atoms with van der Waals surface area (Å²) in [6, 6.07) is -0.428. The van der Waals surface area contributed by atoms with Gasteiger partial charge in [-0.25, -0.2) is 4.79 Å². The Kier molecular flexibility index (Phi) is 1.62. The summed E-state index contributed by atoms with van der Waals surface area (Å²) in [5, 5.41) is 8.64. The average Bonchev–Trinajstić information content (AvgIpc) is 1.81. The first kappa shape index (κ1) is 8.04. The zero-order valence-corrected chi connectivity index (χ0v) is 6.57. The van der Waals surface area contributed by atoms with E-state index in [1.54, 1.807) is 13.8 Å². The Morgan fingerprint density at radius 3 is 2.45 bits per heavy atom. The van der Waals surface area contributed by atoms with E-state index in [0.29, 0.717) is 12.7 Å². The quantitative estimate of drug-likeness (QED) is 0.570. The van der Waals surface area contributed by atoms with E-state index in [9.17, 15) is 9.59 Å². The minimum Gasteiger partial charge on any atom is -0.465 e. The molecule has 0 aromatic heterocycles. The number of hydrogen-bond acceptors (Lipinski definition) is 2. The normalized spacial score (nSPS) is 27.5. The molecule has 1 atom stereocenters. The molecule has 0 radical (unpaired) electrons. The number of amides is 1. The highest BCUT2D eigenvalue weighted by Gasteiger charge is 2.47. The molecule has 0 aromatic carbocycles. The maximum atomic E-state index is 10.5. The molecule has 1 aliphatic rings. The van der Waals surface area contributed by atoms with Gasteiger partial charge in [0.15, 0.2) is 0 Å². The molecule has 1 heterocycles. The van der Waals surface area contributed by atoms with Crippen molar-refractivity contribution in [3.05, 3.63) is 0 Å². The van der Waals surface area contributed by atoms with Crippen LogP contribution < -0.4 is 0 Å². The topological polar surface area (TPSA) is 57.6 Å². The number of hydrogen-bond donors (Lipinski definition) is 1. The Labute approximate surface area is 64.8 Å². The first-order chi connectivity index (χ1) is 4.99. The number of rotatable bonds is 1. The van der Waals surface area contributed by atoms with Gasteiger partial charge in [-0.15, -0.1) is 0 Å². The Bertz CT molecular complexity index is 200. The van der Waals surface area contributed by atoms with Crippen LogP contribution >= 0.6 is 0 Å². The second-order valence-electron chi connectivity index (χ2n) is 3.37. The highest BCUT2D eigenvalue weighted by Crippen LogP contribution is 2.34. The minimum absolute atomic E-state index is 0.364. The van der Waals surface area contributed by atoms with Crippen molar-refractivity contribution in [2.45, 2.75) is 31.8 Å². The largest absolute Gasteiger partial charge is 0.465 e. The number of likely N-dealkylation sites (tertiary alicyclic amines) is 1. The summed E-state index contributed by atoms with van der Waals surface area (Å²) in [6.07, 6.45) is 0.292. The molecule has 62 valence electrons. The molecular weight excluding hydrogens is 146 g/mol. The van der Waals surface area contributed by atoms with Crippen molar-refractivity contribution in [1.82, 2.24) is 4.90 Å². The Morgan fingerprint density at radius 2 is 2.27 bits per heavy atom. The number of carbonyl (C=O) groups excluding carboxylic acids is 1. The van der Waals surface area contributed by atoms with Crippen LogP contribution in [0.5, 0.6) is 0 Å². The van der Waals surface area contributed by atoms with Gasteiger partial charge in [0.25, 0.3) is 0 Å². The molecule has 1 rings (SSSR count). The second-order valence-corrected chi connectivity index (χ2v) is 3.37. The molecule has 0 saturated carbocycles. The van der Waals surface area contributed by atoms with Crippen molar-refractivity contribution in [3.63, 3.8) is 0 Å². The molecule has 11 heavy (non-hydrogen) atoms. The van der Waals surface area contributed by atoms with E-state index in [2.05, 4.69) is 0 Å². The first-order valence-corrected chi connectivity index (χ1v) is 3.46. The van der Waals surface area contributed by atoms with Gasteiger partial charge in [0.05, 0.1) is 6.04 Å². The van der Waals surface area contributed by atoms with Crippen molar-refractivity contribution >= 4 is 12.4 Å². The molecule has 4 heteroatoms. The van der Waals surface area contributed by atoms with Crippen LogP contribution in [0.4, 0.5) is 4.79 Å². The molecule has 0 bridgehead atoms. The predicted molar refractivity (Wildman–Crippen MR) is 38.4 cm³/mol. The first-order valence-electron chi connectivity index (χ1n) is 3.46. The van der Waals surface area contributed by atoms with E-state index >= 15 is 0 Å². The standard InChI is InChI=1S/C7H11NO3/c1-7(2)3-5(4-9)8(7)6(10)11/h4-5H,3H2,1-2H3,(H,10,11). The van der Waals surface area contributed by atoms with Crippen molar-refractivity contribution in [2.75, 3.05) is 0 Å². The van der Waals surface area contributed by atoms with Crippen molar-refractivity contribution in [2.24, 2.45) is 0 Å². The van der Waals surface area contributed by atoms with E-state index < -0.39 is 12.1 Å². The van der Waals surface area contributed by atoms with Gasteiger partial charge in [-0.2, -0.15) is 0 Å². The lowest BCUT2D eigenvalue weighted by atomic mass is 9.83. The van der Waals surface area contributed by atoms with Crippen LogP contribution in [0, 0.1) is 0 Å². The molecule has 1 saturated heterocycles. The predicted octanol–water partition coefficient (Wildman–Crippen LogP) is 0.716. The summed E-state index contributed by atoms with van der Waals surface area (Å²) >= 11 is 0. The molecule has 1 unspecified atom stereocenters. The number of nitrogens with zero attached hydrogens (tertiary/aromatic N) is 1. The van der Waals surface area contributed by atoms with Crippen LogP contribution in [-0.2, 0) is 4.79 Å². The fraction of sp³-hybridized carbons (Fsp3) is 0.714. The molecule has 0 aliphatic carbocycles. The van der Waals surface area contributed by atoms with Crippen molar-refractivity contribution in [3.8, 4) is 0 Å².